The van der Waals surface area contributed by atoms with Gasteiger partial charge in [0.05, 0.1) is 5.56 Å². The predicted molar refractivity (Wildman–Crippen MR) is 122 cm³/mol. The average Bonchev–Trinajstić information content (AvgIpc) is 3.04. The maximum atomic E-state index is 13.2. The van der Waals surface area contributed by atoms with Crippen LogP contribution in [0.15, 0.2) is 54.6 Å². The number of phenolic OH excluding ortho intramolecular Hbond substituents is 2. The van der Waals surface area contributed by atoms with Crippen molar-refractivity contribution in [3.63, 3.8) is 0 Å². The lowest BCUT2D eigenvalue weighted by Crippen LogP contribution is -2.32. The average molecular weight is 454 g/mol. The monoisotopic (exact) mass is 453 g/mol. The molecule has 166 valence electrons. The van der Waals surface area contributed by atoms with Crippen LogP contribution >= 0.6 is 12.4 Å². The van der Waals surface area contributed by atoms with E-state index in [1.807, 2.05) is 18.2 Å². The number of rotatable bonds is 5. The highest BCUT2D eigenvalue weighted by molar-refractivity contribution is 5.98. The van der Waals surface area contributed by atoms with Crippen molar-refractivity contribution in [2.45, 2.75) is 31.9 Å². The van der Waals surface area contributed by atoms with Gasteiger partial charge in [-0.25, -0.2) is 4.79 Å². The van der Waals surface area contributed by atoms with Crippen LogP contribution in [0.1, 0.15) is 52.4 Å². The summed E-state index contributed by atoms with van der Waals surface area (Å²) in [5, 5.41) is 23.4. The van der Waals surface area contributed by atoms with E-state index >= 15 is 0 Å². The topological polar surface area (TPSA) is 88.0 Å². The zero-order valence-corrected chi connectivity index (χ0v) is 18.4. The molecule has 0 radical (unpaired) electrons. The number of esters is 1. The van der Waals surface area contributed by atoms with Crippen molar-refractivity contribution in [1.82, 2.24) is 5.32 Å². The SMILES string of the molecule is CCCCNCc1cccc2c1C(=O)OC21c2ccc(O)cc2Oc2cc(O)ccc21.Cl. The van der Waals surface area contributed by atoms with Gasteiger partial charge in [-0.1, -0.05) is 31.5 Å². The summed E-state index contributed by atoms with van der Waals surface area (Å²) in [6.07, 6.45) is 2.16. The van der Waals surface area contributed by atoms with E-state index in [-0.39, 0.29) is 23.9 Å². The molecule has 0 fully saturated rings. The van der Waals surface area contributed by atoms with Gasteiger partial charge in [-0.15, -0.1) is 12.4 Å². The zero-order chi connectivity index (χ0) is 21.6. The maximum absolute atomic E-state index is 13.2. The highest BCUT2D eigenvalue weighted by Crippen LogP contribution is 2.57. The van der Waals surface area contributed by atoms with Gasteiger partial charge < -0.3 is 25.0 Å². The van der Waals surface area contributed by atoms with Crippen LogP contribution in [0.3, 0.4) is 0 Å². The van der Waals surface area contributed by atoms with Crippen molar-refractivity contribution < 1.29 is 24.5 Å². The Labute approximate surface area is 192 Å². The molecule has 0 amide bonds. The predicted octanol–water partition coefficient (Wildman–Crippen LogP) is 4.98. The van der Waals surface area contributed by atoms with Gasteiger partial charge in [-0.3, -0.25) is 0 Å². The molecule has 1 spiro atoms. The Morgan fingerprint density at radius 1 is 0.938 bits per heavy atom. The third kappa shape index (κ3) is 3.27. The molecule has 0 unspecified atom stereocenters. The lowest BCUT2D eigenvalue weighted by Gasteiger charge is -2.36. The molecule has 3 aromatic carbocycles. The fourth-order valence-electron chi connectivity index (χ4n) is 4.49. The molecule has 3 N–H and O–H groups in total. The summed E-state index contributed by atoms with van der Waals surface area (Å²) in [4.78, 5) is 13.2. The van der Waals surface area contributed by atoms with Crippen molar-refractivity contribution in [2.24, 2.45) is 0 Å². The lowest BCUT2D eigenvalue weighted by atomic mass is 9.77. The third-order valence-electron chi connectivity index (χ3n) is 5.91. The molecule has 0 saturated carbocycles. The summed E-state index contributed by atoms with van der Waals surface area (Å²) >= 11 is 0. The second kappa shape index (κ2) is 8.37. The Balaban J connectivity index is 0.00000245. The quantitative estimate of drug-likeness (QED) is 0.373. The number of fused-ring (bicyclic) bond motifs is 6. The van der Waals surface area contributed by atoms with Crippen LogP contribution in [0.25, 0.3) is 0 Å². The largest absolute Gasteiger partial charge is 0.508 e. The molecule has 3 aromatic rings. The Morgan fingerprint density at radius 3 is 2.22 bits per heavy atom. The first-order valence-corrected chi connectivity index (χ1v) is 10.5. The molecule has 0 aliphatic carbocycles. The molecule has 0 atom stereocenters. The summed E-state index contributed by atoms with van der Waals surface area (Å²) in [5.41, 5.74) is 2.21. The van der Waals surface area contributed by atoms with Gasteiger partial charge in [0.1, 0.15) is 23.0 Å². The number of unbranched alkanes of at least 4 members (excludes halogenated alkanes) is 1. The number of carbonyl (C=O) groups excluding carboxylic acids is 1. The van der Waals surface area contributed by atoms with Crippen LogP contribution in [0.4, 0.5) is 0 Å². The molecule has 2 aliphatic heterocycles. The van der Waals surface area contributed by atoms with Crippen LogP contribution < -0.4 is 10.1 Å². The van der Waals surface area contributed by atoms with Crippen LogP contribution in [-0.2, 0) is 16.9 Å². The lowest BCUT2D eigenvalue weighted by molar-refractivity contribution is 0.0223. The number of ether oxygens (including phenoxy) is 2. The third-order valence-corrected chi connectivity index (χ3v) is 5.91. The molecular weight excluding hydrogens is 430 g/mol. The Bertz CT molecular complexity index is 1140. The molecule has 0 aromatic heterocycles. The highest BCUT2D eigenvalue weighted by Gasteiger charge is 2.54. The summed E-state index contributed by atoms with van der Waals surface area (Å²) in [7, 11) is 0. The number of aromatic hydroxyl groups is 2. The van der Waals surface area contributed by atoms with E-state index in [2.05, 4.69) is 12.2 Å². The first-order chi connectivity index (χ1) is 15.0. The van der Waals surface area contributed by atoms with Gasteiger partial charge in [-0.2, -0.15) is 0 Å². The van der Waals surface area contributed by atoms with Crippen molar-refractivity contribution in [1.29, 1.82) is 0 Å². The molecule has 0 bridgehead atoms. The minimum atomic E-state index is -1.21. The standard InChI is InChI=1S/C25H23NO5.ClH/c1-2-3-11-26-14-15-5-4-6-20-23(15)24(29)31-25(20)18-9-7-16(27)12-21(18)30-22-13-17(28)8-10-19(22)25;/h4-10,12-13,26-28H,2-3,11,14H2,1H3;1H. The van der Waals surface area contributed by atoms with Crippen LogP contribution in [-0.4, -0.2) is 22.7 Å². The Hall–Kier alpha value is -3.22. The Kier molecular flexibility index (Phi) is 5.75. The van der Waals surface area contributed by atoms with Crippen LogP contribution in [0, 0.1) is 0 Å². The molecule has 7 heteroatoms. The number of hydrogen-bond donors (Lipinski definition) is 3. The fourth-order valence-corrected chi connectivity index (χ4v) is 4.49. The highest BCUT2D eigenvalue weighted by atomic mass is 35.5. The van der Waals surface area contributed by atoms with Crippen LogP contribution in [0.5, 0.6) is 23.0 Å². The minimum Gasteiger partial charge on any atom is -0.508 e. The second-order valence-corrected chi connectivity index (χ2v) is 7.90. The number of carbonyl (C=O) groups is 1. The van der Waals surface area contributed by atoms with E-state index in [0.29, 0.717) is 34.7 Å². The van der Waals surface area contributed by atoms with Crippen molar-refractivity contribution >= 4 is 18.4 Å². The van der Waals surface area contributed by atoms with Crippen molar-refractivity contribution in [3.05, 3.63) is 82.4 Å². The summed E-state index contributed by atoms with van der Waals surface area (Å²) in [5.74, 6) is 0.435. The van der Waals surface area contributed by atoms with Gasteiger partial charge in [0, 0.05) is 35.4 Å². The molecule has 6 nitrogen and oxygen atoms in total. The van der Waals surface area contributed by atoms with E-state index in [4.69, 9.17) is 9.47 Å². The van der Waals surface area contributed by atoms with E-state index in [1.54, 1.807) is 24.3 Å². The van der Waals surface area contributed by atoms with Gasteiger partial charge in [-0.05, 0) is 42.8 Å². The molecule has 0 saturated heterocycles. The molecule has 5 rings (SSSR count). The Morgan fingerprint density at radius 2 is 1.59 bits per heavy atom. The van der Waals surface area contributed by atoms with E-state index in [0.717, 1.165) is 30.5 Å². The smallest absolute Gasteiger partial charge is 0.340 e. The van der Waals surface area contributed by atoms with Gasteiger partial charge in [0.15, 0.2) is 5.60 Å². The molecular formula is C25H24ClNO5. The van der Waals surface area contributed by atoms with Gasteiger partial charge in [0.25, 0.3) is 0 Å². The number of nitrogens with one attached hydrogen (secondary N) is 1. The van der Waals surface area contributed by atoms with E-state index in [1.165, 1.54) is 12.1 Å². The number of benzene rings is 3. The zero-order valence-electron chi connectivity index (χ0n) is 17.6. The minimum absolute atomic E-state index is 0. The van der Waals surface area contributed by atoms with Crippen molar-refractivity contribution in [2.75, 3.05) is 6.54 Å². The molecule has 2 heterocycles. The summed E-state index contributed by atoms with van der Waals surface area (Å²) in [6, 6.07) is 15.3. The number of phenols is 2. The van der Waals surface area contributed by atoms with Gasteiger partial charge in [0.2, 0.25) is 0 Å². The normalized spacial score (nSPS) is 14.6. The summed E-state index contributed by atoms with van der Waals surface area (Å²) in [6.45, 7) is 3.58. The fraction of sp³-hybridized carbons (Fsp3) is 0.240. The second-order valence-electron chi connectivity index (χ2n) is 7.90. The summed E-state index contributed by atoms with van der Waals surface area (Å²) < 4.78 is 12.1. The molecule has 2 aliphatic rings. The van der Waals surface area contributed by atoms with E-state index < -0.39 is 11.6 Å². The number of hydrogen-bond acceptors (Lipinski definition) is 6. The van der Waals surface area contributed by atoms with Crippen LogP contribution in [0.2, 0.25) is 0 Å². The maximum Gasteiger partial charge on any atom is 0.340 e. The van der Waals surface area contributed by atoms with Gasteiger partial charge >= 0.3 is 5.97 Å². The molecule has 32 heavy (non-hydrogen) atoms. The van der Waals surface area contributed by atoms with Crippen molar-refractivity contribution in [3.8, 4) is 23.0 Å². The first-order valence-electron chi connectivity index (χ1n) is 10.5. The first kappa shape index (κ1) is 22.0. The number of halogens is 1. The van der Waals surface area contributed by atoms with E-state index in [9.17, 15) is 15.0 Å².